The number of nitrogens with zero attached hydrogens (tertiary/aromatic N) is 2. The summed E-state index contributed by atoms with van der Waals surface area (Å²) in [5, 5.41) is 0.672. The molecule has 0 unspecified atom stereocenters. The molecule has 0 saturated carbocycles. The van der Waals surface area contributed by atoms with Crippen LogP contribution in [0.3, 0.4) is 0 Å². The zero-order valence-corrected chi connectivity index (χ0v) is 13.8. The molecule has 0 N–H and O–H groups in total. The maximum absolute atomic E-state index is 12.9. The van der Waals surface area contributed by atoms with Crippen LogP contribution in [0.15, 0.2) is 59.4 Å². The summed E-state index contributed by atoms with van der Waals surface area (Å²) in [6.45, 7) is 4.12. The van der Waals surface area contributed by atoms with Crippen molar-refractivity contribution in [2.45, 2.75) is 18.7 Å². The second-order valence-electron chi connectivity index (χ2n) is 6.06. The average Bonchev–Trinajstić information content (AvgIpc) is 2.79. The van der Waals surface area contributed by atoms with E-state index in [0.29, 0.717) is 5.39 Å². The highest BCUT2D eigenvalue weighted by Crippen LogP contribution is 2.48. The minimum absolute atomic E-state index is 0.0274. The molecular formula is C19H16N2OS. The van der Waals surface area contributed by atoms with Crippen molar-refractivity contribution in [2.24, 2.45) is 0 Å². The van der Waals surface area contributed by atoms with Gasteiger partial charge in [0, 0.05) is 0 Å². The lowest BCUT2D eigenvalue weighted by Gasteiger charge is -2.19. The first kappa shape index (κ1) is 14.3. The van der Waals surface area contributed by atoms with Gasteiger partial charge in [0.05, 0.1) is 20.7 Å². The number of hydrogen-bond donors (Lipinski definition) is 0. The molecule has 3 nitrogen and oxygen atoms in total. The van der Waals surface area contributed by atoms with Gasteiger partial charge in [-0.05, 0) is 37.6 Å². The van der Waals surface area contributed by atoms with E-state index in [4.69, 9.17) is 4.98 Å². The van der Waals surface area contributed by atoms with Crippen LogP contribution in [0.4, 0.5) is 0 Å². The van der Waals surface area contributed by atoms with E-state index < -0.39 is 0 Å². The third-order valence-electron chi connectivity index (χ3n) is 3.99. The Hall–Kier alpha value is -2.33. The maximum atomic E-state index is 12.9. The Balaban J connectivity index is 2.01. The zero-order chi connectivity index (χ0) is 16.0. The molecule has 0 aliphatic carbocycles. The van der Waals surface area contributed by atoms with E-state index in [1.165, 1.54) is 0 Å². The molecule has 4 heteroatoms. The van der Waals surface area contributed by atoms with Crippen molar-refractivity contribution in [1.82, 2.24) is 9.55 Å². The molecule has 0 radical (unpaired) electrons. The van der Waals surface area contributed by atoms with Gasteiger partial charge in [0.25, 0.3) is 5.56 Å². The van der Waals surface area contributed by atoms with Crippen molar-refractivity contribution in [3.63, 3.8) is 0 Å². The third-order valence-corrected chi connectivity index (χ3v) is 5.19. The number of thioether (sulfide) groups is 1. The maximum Gasteiger partial charge on any atom is 0.262 e. The summed E-state index contributed by atoms with van der Waals surface area (Å²) >= 11 is 1.68. The number of aromatic nitrogens is 2. The Labute approximate surface area is 138 Å². The van der Waals surface area contributed by atoms with Crippen LogP contribution >= 0.6 is 11.8 Å². The number of benzene rings is 2. The summed E-state index contributed by atoms with van der Waals surface area (Å²) in [5.74, 6) is 0.757. The van der Waals surface area contributed by atoms with Crippen LogP contribution in [0, 0.1) is 0 Å². The fraction of sp³-hybridized carbons (Fsp3) is 0.158. The van der Waals surface area contributed by atoms with Gasteiger partial charge in [-0.1, -0.05) is 54.2 Å². The number of para-hydroxylation sites is 1. The molecule has 0 saturated heterocycles. The normalized spacial score (nSPS) is 17.6. The van der Waals surface area contributed by atoms with Gasteiger partial charge in [-0.2, -0.15) is 0 Å². The van der Waals surface area contributed by atoms with Gasteiger partial charge in [-0.3, -0.25) is 9.36 Å². The van der Waals surface area contributed by atoms with Crippen molar-refractivity contribution in [2.75, 3.05) is 0 Å². The highest BCUT2D eigenvalue weighted by Gasteiger charge is 2.36. The van der Waals surface area contributed by atoms with E-state index in [9.17, 15) is 4.79 Å². The first-order chi connectivity index (χ1) is 11.1. The van der Waals surface area contributed by atoms with Gasteiger partial charge in [0.2, 0.25) is 0 Å². The lowest BCUT2D eigenvalue weighted by Crippen LogP contribution is -2.32. The fourth-order valence-electron chi connectivity index (χ4n) is 2.95. The zero-order valence-electron chi connectivity index (χ0n) is 13.0. The topological polar surface area (TPSA) is 34.9 Å². The van der Waals surface area contributed by atoms with Crippen LogP contribution in [0.5, 0.6) is 0 Å². The third kappa shape index (κ3) is 2.30. The molecule has 1 aliphatic rings. The lowest BCUT2D eigenvalue weighted by molar-refractivity contribution is 0.522. The molecule has 1 aliphatic heterocycles. The lowest BCUT2D eigenvalue weighted by atomic mass is 10.2. The van der Waals surface area contributed by atoms with E-state index in [0.717, 1.165) is 21.8 Å². The van der Waals surface area contributed by atoms with E-state index in [1.54, 1.807) is 11.8 Å². The summed E-state index contributed by atoms with van der Waals surface area (Å²) in [4.78, 5) is 18.4. The smallest absolute Gasteiger partial charge is 0.262 e. The Bertz CT molecular complexity index is 987. The Morgan fingerprint density at radius 3 is 2.52 bits per heavy atom. The van der Waals surface area contributed by atoms with Crippen molar-refractivity contribution < 1.29 is 0 Å². The van der Waals surface area contributed by atoms with Gasteiger partial charge in [0.15, 0.2) is 5.82 Å². The second kappa shape index (κ2) is 5.10. The van der Waals surface area contributed by atoms with Crippen molar-refractivity contribution in [3.05, 3.63) is 76.3 Å². The molecular weight excluding hydrogens is 304 g/mol. The molecule has 1 aromatic heterocycles. The van der Waals surface area contributed by atoms with Crippen LogP contribution in [-0.2, 0) is 4.87 Å². The van der Waals surface area contributed by atoms with Crippen LogP contribution in [0.2, 0.25) is 0 Å². The molecule has 0 amide bonds. The van der Waals surface area contributed by atoms with Gasteiger partial charge in [-0.25, -0.2) is 4.98 Å². The Kier molecular flexibility index (Phi) is 3.16. The second-order valence-corrected chi connectivity index (χ2v) is 7.70. The minimum atomic E-state index is -0.343. The van der Waals surface area contributed by atoms with Crippen LogP contribution in [0.25, 0.3) is 21.9 Å². The predicted molar refractivity (Wildman–Crippen MR) is 97.2 cm³/mol. The number of hydrogen-bond acceptors (Lipinski definition) is 3. The molecule has 0 bridgehead atoms. The molecule has 114 valence electrons. The van der Waals surface area contributed by atoms with Gasteiger partial charge >= 0.3 is 0 Å². The van der Waals surface area contributed by atoms with Crippen molar-refractivity contribution in [1.29, 1.82) is 0 Å². The van der Waals surface area contributed by atoms with Crippen molar-refractivity contribution in [3.8, 4) is 0 Å². The molecule has 0 fully saturated rings. The molecule has 0 atom stereocenters. The minimum Gasteiger partial charge on any atom is -0.276 e. The average molecular weight is 320 g/mol. The standard InChI is InChI=1S/C19H16N2OS/c1-19(2)21-17(16(23-19)12-13-8-4-3-5-9-13)20-15-11-7-6-10-14(15)18(21)22/h3-12H,1-2H3. The fourth-order valence-corrected chi connectivity index (χ4v) is 4.17. The predicted octanol–water partition coefficient (Wildman–Crippen LogP) is 4.33. The van der Waals surface area contributed by atoms with Gasteiger partial charge in [0.1, 0.15) is 0 Å². The van der Waals surface area contributed by atoms with Gasteiger partial charge in [-0.15, -0.1) is 0 Å². The Morgan fingerprint density at radius 2 is 1.74 bits per heavy atom. The highest BCUT2D eigenvalue weighted by atomic mass is 32.2. The summed E-state index contributed by atoms with van der Waals surface area (Å²) in [6, 6.07) is 17.7. The first-order valence-corrected chi connectivity index (χ1v) is 8.36. The molecule has 2 aromatic carbocycles. The monoisotopic (exact) mass is 320 g/mol. The molecule has 4 rings (SSSR count). The quantitative estimate of drug-likeness (QED) is 0.669. The molecule has 2 heterocycles. The molecule has 3 aromatic rings. The highest BCUT2D eigenvalue weighted by molar-refractivity contribution is 8.09. The SMILES string of the molecule is CC1(C)SC(=Cc2ccccc2)c2nc3ccccc3c(=O)n21. The summed E-state index contributed by atoms with van der Waals surface area (Å²) in [6.07, 6.45) is 2.10. The summed E-state index contributed by atoms with van der Waals surface area (Å²) < 4.78 is 1.81. The van der Waals surface area contributed by atoms with E-state index >= 15 is 0 Å². The number of fused-ring (bicyclic) bond motifs is 2. The van der Waals surface area contributed by atoms with Crippen LogP contribution < -0.4 is 5.56 Å². The Morgan fingerprint density at radius 1 is 1.04 bits per heavy atom. The van der Waals surface area contributed by atoms with Crippen LogP contribution in [-0.4, -0.2) is 9.55 Å². The molecule has 0 spiro atoms. The molecule has 23 heavy (non-hydrogen) atoms. The van der Waals surface area contributed by atoms with Gasteiger partial charge < -0.3 is 0 Å². The summed E-state index contributed by atoms with van der Waals surface area (Å²) in [7, 11) is 0. The van der Waals surface area contributed by atoms with Crippen molar-refractivity contribution >= 4 is 33.6 Å². The van der Waals surface area contributed by atoms with E-state index in [2.05, 4.69) is 32.1 Å². The largest absolute Gasteiger partial charge is 0.276 e. The van der Waals surface area contributed by atoms with E-state index in [-0.39, 0.29) is 10.4 Å². The van der Waals surface area contributed by atoms with E-state index in [1.807, 2.05) is 47.0 Å². The number of rotatable bonds is 1. The van der Waals surface area contributed by atoms with Crippen LogP contribution in [0.1, 0.15) is 25.2 Å². The first-order valence-electron chi connectivity index (χ1n) is 7.55. The summed E-state index contributed by atoms with van der Waals surface area (Å²) in [5.41, 5.74) is 1.89.